The van der Waals surface area contributed by atoms with Gasteiger partial charge in [-0.2, -0.15) is 5.10 Å². The third-order valence-electron chi connectivity index (χ3n) is 3.41. The number of benzene rings is 2. The molecule has 3 nitrogen and oxygen atoms in total. The molecule has 0 aliphatic heterocycles. The van der Waals surface area contributed by atoms with Gasteiger partial charge in [-0.3, -0.25) is 0 Å². The highest BCUT2D eigenvalue weighted by Crippen LogP contribution is 2.31. The molecule has 0 spiro atoms. The average Bonchev–Trinajstić information content (AvgIpc) is 2.73. The molecule has 3 rings (SSSR count). The van der Waals surface area contributed by atoms with E-state index in [1.807, 2.05) is 32.2 Å². The summed E-state index contributed by atoms with van der Waals surface area (Å²) in [4.78, 5) is 0. The van der Waals surface area contributed by atoms with E-state index in [2.05, 4.69) is 55.2 Å². The fourth-order valence-electron chi connectivity index (χ4n) is 2.33. The van der Waals surface area contributed by atoms with Crippen molar-refractivity contribution in [1.29, 1.82) is 0 Å². The minimum absolute atomic E-state index is 0.725. The zero-order chi connectivity index (χ0) is 15.0. The molecule has 0 fully saturated rings. The fourth-order valence-corrected chi connectivity index (χ4v) is 3.36. The summed E-state index contributed by atoms with van der Waals surface area (Å²) in [5, 5.41) is 7.46. The number of fused-ring (bicyclic) bond motifs is 1. The fraction of sp³-hybridized carbons (Fsp3) is 0.188. The Kier molecular flexibility index (Phi) is 4.04. The summed E-state index contributed by atoms with van der Waals surface area (Å²) in [7, 11) is 1.90. The molecular formula is C16H14Br2N2O. The van der Waals surface area contributed by atoms with Crippen molar-refractivity contribution in [2.75, 3.05) is 0 Å². The number of aromatic nitrogens is 2. The van der Waals surface area contributed by atoms with Crippen LogP contribution in [-0.2, 0) is 12.4 Å². The summed E-state index contributed by atoms with van der Waals surface area (Å²) in [6, 6.07) is 12.3. The van der Waals surface area contributed by atoms with Gasteiger partial charge in [0, 0.05) is 22.4 Å². The normalized spacial score (nSPS) is 11.0. The van der Waals surface area contributed by atoms with E-state index in [9.17, 15) is 0 Å². The molecule has 1 heterocycles. The van der Waals surface area contributed by atoms with E-state index in [-0.39, 0.29) is 0 Å². The molecule has 108 valence electrons. The third kappa shape index (κ3) is 2.85. The Morgan fingerprint density at radius 3 is 2.62 bits per heavy atom. The lowest BCUT2D eigenvalue weighted by atomic mass is 10.1. The second-order valence-electron chi connectivity index (χ2n) is 4.88. The van der Waals surface area contributed by atoms with Crippen molar-refractivity contribution < 1.29 is 4.74 Å². The van der Waals surface area contributed by atoms with Crippen molar-refractivity contribution in [3.63, 3.8) is 0 Å². The summed E-state index contributed by atoms with van der Waals surface area (Å²) >= 11 is 6.98. The molecule has 0 aliphatic rings. The zero-order valence-corrected chi connectivity index (χ0v) is 14.9. The van der Waals surface area contributed by atoms with E-state index in [1.165, 1.54) is 5.39 Å². The number of nitrogens with zero attached hydrogens (tertiary/aromatic N) is 2. The summed E-state index contributed by atoms with van der Waals surface area (Å²) in [5.41, 5.74) is 2.06. The van der Waals surface area contributed by atoms with Crippen LogP contribution >= 0.6 is 31.9 Å². The second-order valence-corrected chi connectivity index (χ2v) is 6.36. The Labute approximate surface area is 140 Å². The molecule has 1 aromatic heterocycles. The van der Waals surface area contributed by atoms with Gasteiger partial charge in [-0.25, -0.2) is 4.68 Å². The highest BCUT2D eigenvalue weighted by Gasteiger charge is 2.14. The number of alkyl halides is 1. The molecule has 21 heavy (non-hydrogen) atoms. The van der Waals surface area contributed by atoms with Gasteiger partial charge in [-0.15, -0.1) is 0 Å². The number of aryl methyl sites for hydroxylation is 2. The molecule has 2 aromatic carbocycles. The van der Waals surface area contributed by atoms with E-state index in [1.54, 1.807) is 4.68 Å². The van der Waals surface area contributed by atoms with Crippen LogP contribution in [0.4, 0.5) is 0 Å². The molecule has 0 radical (unpaired) electrons. The molecule has 3 aromatic rings. The summed E-state index contributed by atoms with van der Waals surface area (Å²) in [6.07, 6.45) is 0. The molecule has 0 saturated carbocycles. The van der Waals surface area contributed by atoms with Gasteiger partial charge >= 0.3 is 0 Å². The maximum atomic E-state index is 6.05. The highest BCUT2D eigenvalue weighted by molar-refractivity contribution is 9.10. The molecule has 0 unspecified atom stereocenters. The van der Waals surface area contributed by atoms with Crippen LogP contribution in [0.1, 0.15) is 11.3 Å². The summed E-state index contributed by atoms with van der Waals surface area (Å²) < 4.78 is 8.90. The first-order valence-corrected chi connectivity index (χ1v) is 8.45. The van der Waals surface area contributed by atoms with Crippen LogP contribution in [0.3, 0.4) is 0 Å². The van der Waals surface area contributed by atoms with Crippen LogP contribution < -0.4 is 4.74 Å². The largest absolute Gasteiger partial charge is 0.439 e. The first-order chi connectivity index (χ1) is 10.1. The van der Waals surface area contributed by atoms with Crippen LogP contribution in [0.15, 0.2) is 40.9 Å². The maximum absolute atomic E-state index is 6.05. The van der Waals surface area contributed by atoms with Crippen molar-refractivity contribution in [3.05, 3.63) is 52.1 Å². The predicted molar refractivity (Wildman–Crippen MR) is 92.3 cm³/mol. The van der Waals surface area contributed by atoms with Gasteiger partial charge in [0.25, 0.3) is 0 Å². The highest BCUT2D eigenvalue weighted by atomic mass is 79.9. The molecule has 0 bridgehead atoms. The number of hydrogen-bond acceptors (Lipinski definition) is 2. The minimum atomic E-state index is 0.725. The van der Waals surface area contributed by atoms with Gasteiger partial charge < -0.3 is 4.74 Å². The molecule has 0 amide bonds. The number of rotatable bonds is 3. The average molecular weight is 410 g/mol. The standard InChI is InChI=1S/C16H14Br2N2O/c1-10-15(9-17)16(20(2)19-10)21-14-6-4-11-7-13(18)5-3-12(11)8-14/h3-8H,9H2,1-2H3. The molecule has 0 N–H and O–H groups in total. The van der Waals surface area contributed by atoms with Gasteiger partial charge in [0.05, 0.1) is 5.69 Å². The van der Waals surface area contributed by atoms with Gasteiger partial charge in [0.2, 0.25) is 5.88 Å². The molecular weight excluding hydrogens is 396 g/mol. The Morgan fingerprint density at radius 1 is 1.14 bits per heavy atom. The van der Waals surface area contributed by atoms with Crippen molar-refractivity contribution in [3.8, 4) is 11.6 Å². The van der Waals surface area contributed by atoms with Crippen LogP contribution in [0.25, 0.3) is 10.8 Å². The van der Waals surface area contributed by atoms with Gasteiger partial charge in [-0.1, -0.05) is 44.0 Å². The van der Waals surface area contributed by atoms with Crippen LogP contribution in [0, 0.1) is 6.92 Å². The van der Waals surface area contributed by atoms with E-state index in [0.29, 0.717) is 0 Å². The molecule has 5 heteroatoms. The minimum Gasteiger partial charge on any atom is -0.439 e. The lowest BCUT2D eigenvalue weighted by Gasteiger charge is -2.09. The summed E-state index contributed by atoms with van der Waals surface area (Å²) in [5.74, 6) is 1.59. The number of hydrogen-bond donors (Lipinski definition) is 0. The quantitative estimate of drug-likeness (QED) is 0.546. The third-order valence-corrected chi connectivity index (χ3v) is 4.46. The van der Waals surface area contributed by atoms with Crippen molar-refractivity contribution >= 4 is 42.6 Å². The molecule has 0 saturated heterocycles. The Balaban J connectivity index is 2.00. The topological polar surface area (TPSA) is 27.1 Å². The monoisotopic (exact) mass is 408 g/mol. The maximum Gasteiger partial charge on any atom is 0.221 e. The van der Waals surface area contributed by atoms with Crippen molar-refractivity contribution in [1.82, 2.24) is 9.78 Å². The predicted octanol–water partition coefficient (Wildman–Crippen LogP) is 5.33. The van der Waals surface area contributed by atoms with Crippen LogP contribution in [0.5, 0.6) is 11.6 Å². The van der Waals surface area contributed by atoms with Crippen molar-refractivity contribution in [2.24, 2.45) is 7.05 Å². The van der Waals surface area contributed by atoms with Gasteiger partial charge in [0.15, 0.2) is 0 Å². The smallest absolute Gasteiger partial charge is 0.221 e. The molecule has 0 atom stereocenters. The Bertz CT molecular complexity index is 811. The van der Waals surface area contributed by atoms with E-state index < -0.39 is 0 Å². The zero-order valence-electron chi connectivity index (χ0n) is 11.7. The van der Waals surface area contributed by atoms with Crippen LogP contribution in [0.2, 0.25) is 0 Å². The van der Waals surface area contributed by atoms with E-state index in [4.69, 9.17) is 4.74 Å². The lowest BCUT2D eigenvalue weighted by Crippen LogP contribution is -1.96. The van der Waals surface area contributed by atoms with E-state index in [0.717, 1.165) is 38.1 Å². The Hall–Kier alpha value is -1.33. The summed E-state index contributed by atoms with van der Waals surface area (Å²) in [6.45, 7) is 1.99. The van der Waals surface area contributed by atoms with E-state index >= 15 is 0 Å². The van der Waals surface area contributed by atoms with Gasteiger partial charge in [0.1, 0.15) is 5.75 Å². The second kappa shape index (κ2) is 5.81. The first-order valence-electron chi connectivity index (χ1n) is 6.54. The van der Waals surface area contributed by atoms with Crippen LogP contribution in [-0.4, -0.2) is 9.78 Å². The Morgan fingerprint density at radius 2 is 1.86 bits per heavy atom. The SMILES string of the molecule is Cc1nn(C)c(Oc2ccc3cc(Br)ccc3c2)c1CBr. The lowest BCUT2D eigenvalue weighted by molar-refractivity contribution is 0.428. The van der Waals surface area contributed by atoms with Crippen molar-refractivity contribution in [2.45, 2.75) is 12.3 Å². The number of halogens is 2. The molecule has 0 aliphatic carbocycles. The number of ether oxygens (including phenoxy) is 1. The van der Waals surface area contributed by atoms with Gasteiger partial charge in [-0.05, 0) is 42.0 Å². The first kappa shape index (κ1) is 14.6.